The molecular weight excluding hydrogens is 250 g/mol. The first-order valence-electron chi connectivity index (χ1n) is 7.37. The molecule has 1 aliphatic heterocycles. The summed E-state index contributed by atoms with van der Waals surface area (Å²) in [5.74, 6) is 0.106. The van der Waals surface area contributed by atoms with Crippen LogP contribution in [0.5, 0.6) is 0 Å². The van der Waals surface area contributed by atoms with Crippen molar-refractivity contribution in [3.05, 3.63) is 35.4 Å². The number of nitrogens with one attached hydrogen (secondary N) is 2. The van der Waals surface area contributed by atoms with E-state index in [1.165, 1.54) is 11.1 Å². The Bertz CT molecular complexity index is 461. The Morgan fingerprint density at radius 3 is 2.95 bits per heavy atom. The van der Waals surface area contributed by atoms with Crippen molar-refractivity contribution in [3.63, 3.8) is 0 Å². The molecule has 2 rings (SSSR count). The fourth-order valence-corrected chi connectivity index (χ4v) is 2.80. The summed E-state index contributed by atoms with van der Waals surface area (Å²) in [7, 11) is 0. The molecule has 20 heavy (non-hydrogen) atoms. The van der Waals surface area contributed by atoms with Crippen LogP contribution in [0.3, 0.4) is 0 Å². The third-order valence-corrected chi connectivity index (χ3v) is 3.85. The highest BCUT2D eigenvalue weighted by molar-refractivity contribution is 5.78. The van der Waals surface area contributed by atoms with Crippen molar-refractivity contribution in [2.24, 2.45) is 0 Å². The van der Waals surface area contributed by atoms with Crippen molar-refractivity contribution in [3.8, 4) is 0 Å². The van der Waals surface area contributed by atoms with Crippen LogP contribution in [0.1, 0.15) is 31.0 Å². The molecule has 4 nitrogen and oxygen atoms in total. The third-order valence-electron chi connectivity index (χ3n) is 3.85. The highest BCUT2D eigenvalue weighted by atomic mass is 16.2. The van der Waals surface area contributed by atoms with Gasteiger partial charge in [0, 0.05) is 25.7 Å². The average Bonchev–Trinajstić information content (AvgIpc) is 2.38. The standard InChI is InChI=1S/C16H25N3O/c1-12-6-4-5-7-15(12)14(3)18-16(20)11-19-9-8-17-13(2)10-19/h4-7,13-14,17H,8-11H2,1-3H3,(H,18,20). The van der Waals surface area contributed by atoms with Crippen molar-refractivity contribution < 1.29 is 4.79 Å². The molecule has 1 fully saturated rings. The number of hydrogen-bond acceptors (Lipinski definition) is 3. The van der Waals surface area contributed by atoms with Crippen LogP contribution in [-0.2, 0) is 4.79 Å². The summed E-state index contributed by atoms with van der Waals surface area (Å²) in [6.07, 6.45) is 0. The van der Waals surface area contributed by atoms with Gasteiger partial charge in [-0.3, -0.25) is 9.69 Å². The maximum Gasteiger partial charge on any atom is 0.234 e. The Labute approximate surface area is 121 Å². The number of carbonyl (C=O) groups is 1. The molecule has 2 unspecified atom stereocenters. The number of piperazine rings is 1. The van der Waals surface area contributed by atoms with Gasteiger partial charge in [0.2, 0.25) is 5.91 Å². The van der Waals surface area contributed by atoms with Crippen molar-refractivity contribution in [1.29, 1.82) is 0 Å². The Morgan fingerprint density at radius 2 is 2.25 bits per heavy atom. The largest absolute Gasteiger partial charge is 0.348 e. The second-order valence-electron chi connectivity index (χ2n) is 5.74. The van der Waals surface area contributed by atoms with Gasteiger partial charge in [0.25, 0.3) is 0 Å². The number of benzene rings is 1. The topological polar surface area (TPSA) is 44.4 Å². The van der Waals surface area contributed by atoms with Crippen LogP contribution in [0.2, 0.25) is 0 Å². The highest BCUT2D eigenvalue weighted by Gasteiger charge is 2.19. The summed E-state index contributed by atoms with van der Waals surface area (Å²) in [6.45, 7) is 9.60. The second-order valence-corrected chi connectivity index (χ2v) is 5.74. The lowest BCUT2D eigenvalue weighted by Gasteiger charge is -2.31. The Balaban J connectivity index is 1.86. The smallest absolute Gasteiger partial charge is 0.234 e. The van der Waals surface area contributed by atoms with Crippen LogP contribution in [0.4, 0.5) is 0 Å². The first-order chi connectivity index (χ1) is 9.56. The lowest BCUT2D eigenvalue weighted by atomic mass is 10.0. The van der Waals surface area contributed by atoms with Crippen LogP contribution < -0.4 is 10.6 Å². The van der Waals surface area contributed by atoms with Gasteiger partial charge in [-0.25, -0.2) is 0 Å². The molecule has 1 aromatic carbocycles. The van der Waals surface area contributed by atoms with Crippen molar-refractivity contribution in [2.45, 2.75) is 32.9 Å². The minimum atomic E-state index is 0.0593. The number of amides is 1. The van der Waals surface area contributed by atoms with Gasteiger partial charge in [-0.15, -0.1) is 0 Å². The molecule has 0 aliphatic carbocycles. The molecule has 110 valence electrons. The number of nitrogens with zero attached hydrogens (tertiary/aromatic N) is 1. The van der Waals surface area contributed by atoms with Gasteiger partial charge in [-0.1, -0.05) is 24.3 Å². The molecule has 1 aromatic rings. The molecule has 1 aliphatic rings. The van der Waals surface area contributed by atoms with Crippen LogP contribution >= 0.6 is 0 Å². The summed E-state index contributed by atoms with van der Waals surface area (Å²) < 4.78 is 0. The van der Waals surface area contributed by atoms with E-state index in [1.54, 1.807) is 0 Å². The molecule has 1 saturated heterocycles. The summed E-state index contributed by atoms with van der Waals surface area (Å²) in [5, 5.41) is 6.48. The molecule has 4 heteroatoms. The fraction of sp³-hybridized carbons (Fsp3) is 0.562. The number of hydrogen-bond donors (Lipinski definition) is 2. The zero-order chi connectivity index (χ0) is 14.5. The molecule has 0 bridgehead atoms. The molecule has 0 saturated carbocycles. The van der Waals surface area contributed by atoms with Crippen LogP contribution in [-0.4, -0.2) is 43.0 Å². The van der Waals surface area contributed by atoms with Crippen molar-refractivity contribution in [1.82, 2.24) is 15.5 Å². The van der Waals surface area contributed by atoms with E-state index in [2.05, 4.69) is 41.5 Å². The van der Waals surface area contributed by atoms with Gasteiger partial charge in [0.1, 0.15) is 0 Å². The molecular formula is C16H25N3O. The predicted octanol–water partition coefficient (Wildman–Crippen LogP) is 1.47. The highest BCUT2D eigenvalue weighted by Crippen LogP contribution is 2.16. The molecule has 2 N–H and O–H groups in total. The number of rotatable bonds is 4. The maximum atomic E-state index is 12.1. The second kappa shape index (κ2) is 6.86. The molecule has 2 atom stereocenters. The van der Waals surface area contributed by atoms with E-state index in [-0.39, 0.29) is 11.9 Å². The van der Waals surface area contributed by atoms with Crippen LogP contribution in [0.25, 0.3) is 0 Å². The molecule has 1 amide bonds. The van der Waals surface area contributed by atoms with E-state index in [1.807, 2.05) is 19.1 Å². The predicted molar refractivity (Wildman–Crippen MR) is 81.6 cm³/mol. The minimum Gasteiger partial charge on any atom is -0.348 e. The zero-order valence-electron chi connectivity index (χ0n) is 12.6. The molecule has 0 spiro atoms. The third kappa shape index (κ3) is 4.05. The quantitative estimate of drug-likeness (QED) is 0.874. The van der Waals surface area contributed by atoms with E-state index in [9.17, 15) is 4.79 Å². The van der Waals surface area contributed by atoms with Gasteiger partial charge in [0.05, 0.1) is 12.6 Å². The summed E-state index contributed by atoms with van der Waals surface area (Å²) >= 11 is 0. The van der Waals surface area contributed by atoms with Gasteiger partial charge in [0.15, 0.2) is 0 Å². The van der Waals surface area contributed by atoms with Gasteiger partial charge in [-0.05, 0) is 31.9 Å². The van der Waals surface area contributed by atoms with E-state index in [0.717, 1.165) is 19.6 Å². The summed E-state index contributed by atoms with van der Waals surface area (Å²) in [4.78, 5) is 14.3. The Morgan fingerprint density at radius 1 is 1.50 bits per heavy atom. The van der Waals surface area contributed by atoms with Crippen LogP contribution in [0, 0.1) is 6.92 Å². The Kier molecular flexibility index (Phi) is 5.15. The summed E-state index contributed by atoms with van der Waals surface area (Å²) in [5.41, 5.74) is 2.41. The number of aryl methyl sites for hydroxylation is 1. The number of carbonyl (C=O) groups excluding carboxylic acids is 1. The monoisotopic (exact) mass is 275 g/mol. The van der Waals surface area contributed by atoms with Crippen LogP contribution in [0.15, 0.2) is 24.3 Å². The van der Waals surface area contributed by atoms with Gasteiger partial charge >= 0.3 is 0 Å². The molecule has 0 aromatic heterocycles. The lowest BCUT2D eigenvalue weighted by Crippen LogP contribution is -2.51. The maximum absolute atomic E-state index is 12.1. The lowest BCUT2D eigenvalue weighted by molar-refractivity contribution is -0.123. The van der Waals surface area contributed by atoms with Crippen molar-refractivity contribution >= 4 is 5.91 Å². The molecule has 0 radical (unpaired) electrons. The average molecular weight is 275 g/mol. The first kappa shape index (κ1) is 15.0. The van der Waals surface area contributed by atoms with Gasteiger partial charge < -0.3 is 10.6 Å². The normalized spacial score (nSPS) is 21.4. The van der Waals surface area contributed by atoms with E-state index < -0.39 is 0 Å². The summed E-state index contributed by atoms with van der Waals surface area (Å²) in [6, 6.07) is 8.72. The zero-order valence-corrected chi connectivity index (χ0v) is 12.6. The minimum absolute atomic E-state index is 0.0593. The van der Waals surface area contributed by atoms with Crippen molar-refractivity contribution in [2.75, 3.05) is 26.2 Å². The van der Waals surface area contributed by atoms with E-state index in [0.29, 0.717) is 12.6 Å². The molecule has 1 heterocycles. The SMILES string of the molecule is Cc1ccccc1C(C)NC(=O)CN1CCNC(C)C1. The van der Waals surface area contributed by atoms with E-state index in [4.69, 9.17) is 0 Å². The first-order valence-corrected chi connectivity index (χ1v) is 7.37. The van der Waals surface area contributed by atoms with Gasteiger partial charge in [-0.2, -0.15) is 0 Å². The van der Waals surface area contributed by atoms with E-state index >= 15 is 0 Å². The Hall–Kier alpha value is -1.39. The fourth-order valence-electron chi connectivity index (χ4n) is 2.80.